The van der Waals surface area contributed by atoms with Gasteiger partial charge in [-0.1, -0.05) is 69.5 Å². The normalized spacial score (nSPS) is 12.0. The van der Waals surface area contributed by atoms with Crippen molar-refractivity contribution < 1.29 is 5.21 Å². The predicted octanol–water partition coefficient (Wildman–Crippen LogP) is 6.44. The van der Waals surface area contributed by atoms with Gasteiger partial charge in [0.25, 0.3) is 0 Å². The minimum Gasteiger partial charge on any atom is -0.411 e. The molecule has 0 spiro atoms. The van der Waals surface area contributed by atoms with Crippen LogP contribution >= 0.6 is 46.1 Å². The van der Waals surface area contributed by atoms with E-state index in [1.165, 1.54) is 11.3 Å². The van der Waals surface area contributed by atoms with Crippen LogP contribution in [0.3, 0.4) is 0 Å². The van der Waals surface area contributed by atoms with E-state index in [9.17, 15) is 5.21 Å². The summed E-state index contributed by atoms with van der Waals surface area (Å²) in [4.78, 5) is 6.08. The molecule has 0 saturated carbocycles. The number of fused-ring (bicyclic) bond motifs is 1. The lowest BCUT2D eigenvalue weighted by Gasteiger charge is -2.10. The molecule has 2 aromatic heterocycles. The lowest BCUT2D eigenvalue weighted by Crippen LogP contribution is -2.10. The number of halogens is 3. The molecule has 0 radical (unpaired) electrons. The molecular weight excluding hydrogens is 425 g/mol. The zero-order chi connectivity index (χ0) is 19.0. The zero-order valence-electron chi connectivity index (χ0n) is 13.7. The molecule has 4 nitrogen and oxygen atoms in total. The van der Waals surface area contributed by atoms with Gasteiger partial charge in [0.1, 0.15) is 5.71 Å². The Morgan fingerprint density at radius 2 is 1.78 bits per heavy atom. The van der Waals surface area contributed by atoms with E-state index >= 15 is 0 Å². The van der Waals surface area contributed by atoms with Gasteiger partial charge in [0.05, 0.1) is 10.6 Å². The minimum atomic E-state index is 0.277. The molecule has 0 saturated heterocycles. The third kappa shape index (κ3) is 3.44. The van der Waals surface area contributed by atoms with E-state index in [2.05, 4.69) is 10.1 Å². The van der Waals surface area contributed by atoms with Gasteiger partial charge in [-0.25, -0.2) is 4.98 Å². The van der Waals surface area contributed by atoms with Gasteiger partial charge in [-0.3, -0.25) is 4.40 Å². The first-order valence-corrected chi connectivity index (χ1v) is 9.89. The number of imidazole rings is 1. The van der Waals surface area contributed by atoms with E-state index in [-0.39, 0.29) is 6.42 Å². The number of oxime groups is 1. The maximum Gasteiger partial charge on any atom is 0.194 e. The van der Waals surface area contributed by atoms with E-state index in [1.54, 1.807) is 24.4 Å². The van der Waals surface area contributed by atoms with E-state index in [4.69, 9.17) is 34.8 Å². The van der Waals surface area contributed by atoms with Crippen LogP contribution in [0.2, 0.25) is 15.1 Å². The van der Waals surface area contributed by atoms with Gasteiger partial charge in [0.15, 0.2) is 4.96 Å². The molecule has 4 aromatic rings. The van der Waals surface area contributed by atoms with Crippen molar-refractivity contribution in [2.45, 2.75) is 6.42 Å². The monoisotopic (exact) mass is 435 g/mol. The first-order chi connectivity index (χ1) is 13.1. The molecule has 1 N–H and O–H groups in total. The Hall–Kier alpha value is -2.05. The van der Waals surface area contributed by atoms with Crippen LogP contribution in [0.1, 0.15) is 11.3 Å². The highest BCUT2D eigenvalue weighted by atomic mass is 35.5. The molecule has 0 amide bonds. The second-order valence-corrected chi connectivity index (χ2v) is 8.02. The summed E-state index contributed by atoms with van der Waals surface area (Å²) in [6.07, 6.45) is 3.82. The Balaban J connectivity index is 1.87. The molecular formula is C19H12Cl3N3OS. The summed E-state index contributed by atoms with van der Waals surface area (Å²) in [6.45, 7) is 0. The van der Waals surface area contributed by atoms with Crippen molar-refractivity contribution in [1.82, 2.24) is 9.38 Å². The number of hydrogen-bond acceptors (Lipinski definition) is 4. The van der Waals surface area contributed by atoms with E-state index < -0.39 is 0 Å². The Labute approximate surface area is 174 Å². The van der Waals surface area contributed by atoms with Crippen molar-refractivity contribution in [3.8, 4) is 10.4 Å². The smallest absolute Gasteiger partial charge is 0.194 e. The topological polar surface area (TPSA) is 49.9 Å². The average molecular weight is 437 g/mol. The Bertz CT molecular complexity index is 1130. The molecule has 0 aliphatic carbocycles. The van der Waals surface area contributed by atoms with E-state index in [1.807, 2.05) is 34.9 Å². The highest BCUT2D eigenvalue weighted by Crippen LogP contribution is 2.35. The fraction of sp³-hybridized carbons (Fsp3) is 0.0526. The maximum absolute atomic E-state index is 9.80. The molecule has 0 fully saturated rings. The average Bonchev–Trinajstić information content (AvgIpc) is 3.24. The third-order valence-electron chi connectivity index (χ3n) is 4.16. The van der Waals surface area contributed by atoms with Gasteiger partial charge < -0.3 is 5.21 Å². The Morgan fingerprint density at radius 3 is 2.44 bits per heavy atom. The van der Waals surface area contributed by atoms with Crippen LogP contribution in [-0.4, -0.2) is 20.3 Å². The minimum absolute atomic E-state index is 0.277. The molecule has 2 aromatic carbocycles. The number of aromatic nitrogens is 2. The molecule has 4 rings (SSSR count). The molecule has 0 unspecified atom stereocenters. The van der Waals surface area contributed by atoms with Crippen LogP contribution in [0.4, 0.5) is 0 Å². The fourth-order valence-electron chi connectivity index (χ4n) is 2.89. The molecule has 27 heavy (non-hydrogen) atoms. The van der Waals surface area contributed by atoms with E-state index in [0.717, 1.165) is 21.1 Å². The van der Waals surface area contributed by atoms with Crippen LogP contribution in [0, 0.1) is 0 Å². The van der Waals surface area contributed by atoms with Crippen LogP contribution in [0.5, 0.6) is 0 Å². The van der Waals surface area contributed by atoms with Crippen molar-refractivity contribution in [2.24, 2.45) is 5.16 Å². The van der Waals surface area contributed by atoms with Gasteiger partial charge >= 0.3 is 0 Å². The summed E-state index contributed by atoms with van der Waals surface area (Å²) < 4.78 is 1.90. The summed E-state index contributed by atoms with van der Waals surface area (Å²) >= 11 is 20.1. The second kappa shape index (κ2) is 7.52. The first-order valence-electron chi connectivity index (χ1n) is 7.94. The highest BCUT2D eigenvalue weighted by molar-refractivity contribution is 7.20. The second-order valence-electron chi connectivity index (χ2n) is 5.79. The van der Waals surface area contributed by atoms with Gasteiger partial charge in [-0.15, -0.1) is 0 Å². The van der Waals surface area contributed by atoms with Gasteiger partial charge in [0.2, 0.25) is 0 Å². The SMILES string of the molecule is ON=C(Cc1c(Cl)cccc1Cl)c1c(-c2ccc(Cl)cc2)sc2nccn12. The summed E-state index contributed by atoms with van der Waals surface area (Å²) in [6, 6.07) is 12.8. The van der Waals surface area contributed by atoms with E-state index in [0.29, 0.717) is 26.3 Å². The number of hydrogen-bond donors (Lipinski definition) is 1. The Morgan fingerprint density at radius 1 is 1.07 bits per heavy atom. The van der Waals surface area contributed by atoms with Crippen molar-refractivity contribution >= 4 is 56.8 Å². The summed E-state index contributed by atoms with van der Waals surface area (Å²) in [5.41, 5.74) is 2.85. The number of benzene rings is 2. The van der Waals surface area contributed by atoms with Crippen LogP contribution in [0.25, 0.3) is 15.4 Å². The maximum atomic E-state index is 9.80. The zero-order valence-corrected chi connectivity index (χ0v) is 16.8. The van der Waals surface area contributed by atoms with Crippen molar-refractivity contribution in [3.63, 3.8) is 0 Å². The van der Waals surface area contributed by atoms with Gasteiger partial charge in [-0.2, -0.15) is 0 Å². The predicted molar refractivity (Wildman–Crippen MR) is 112 cm³/mol. The number of thiazole rings is 1. The van der Waals surface area contributed by atoms with Crippen molar-refractivity contribution in [1.29, 1.82) is 0 Å². The Kier molecular flexibility index (Phi) is 5.10. The number of rotatable bonds is 4. The number of nitrogens with zero attached hydrogens (tertiary/aromatic N) is 3. The van der Waals surface area contributed by atoms with Gasteiger partial charge in [0, 0.05) is 33.9 Å². The van der Waals surface area contributed by atoms with Crippen LogP contribution in [0.15, 0.2) is 60.0 Å². The summed E-state index contributed by atoms with van der Waals surface area (Å²) in [5, 5.41) is 15.1. The van der Waals surface area contributed by atoms with Crippen LogP contribution < -0.4 is 0 Å². The fourth-order valence-corrected chi connectivity index (χ4v) is 4.66. The highest BCUT2D eigenvalue weighted by Gasteiger charge is 2.22. The third-order valence-corrected chi connectivity index (χ3v) is 6.24. The largest absolute Gasteiger partial charge is 0.411 e. The molecule has 0 atom stereocenters. The molecule has 0 aliphatic rings. The van der Waals surface area contributed by atoms with Crippen LogP contribution in [-0.2, 0) is 6.42 Å². The molecule has 136 valence electrons. The molecule has 2 heterocycles. The first kappa shape index (κ1) is 18.3. The van der Waals surface area contributed by atoms with Gasteiger partial charge in [-0.05, 0) is 35.4 Å². The lowest BCUT2D eigenvalue weighted by molar-refractivity contribution is 0.318. The van der Waals surface area contributed by atoms with Crippen molar-refractivity contribution in [2.75, 3.05) is 0 Å². The lowest BCUT2D eigenvalue weighted by atomic mass is 10.0. The summed E-state index contributed by atoms with van der Waals surface area (Å²) in [7, 11) is 0. The quantitative estimate of drug-likeness (QED) is 0.227. The van der Waals surface area contributed by atoms with Crippen molar-refractivity contribution in [3.05, 3.63) is 81.2 Å². The summed E-state index contributed by atoms with van der Waals surface area (Å²) in [5.74, 6) is 0. The molecule has 0 aliphatic heterocycles. The molecule has 0 bridgehead atoms. The standard InChI is InChI=1S/C19H12Cl3N3OS/c20-12-6-4-11(5-7-12)18-17(25-9-8-23-19(25)27-18)16(24-26)10-13-14(21)2-1-3-15(13)22/h1-9,26H,10H2. The molecule has 8 heteroatoms.